The molecule has 32 heavy (non-hydrogen) atoms. The van der Waals surface area contributed by atoms with Crippen molar-refractivity contribution in [2.24, 2.45) is 0 Å². The van der Waals surface area contributed by atoms with Crippen LogP contribution in [0.3, 0.4) is 0 Å². The van der Waals surface area contributed by atoms with E-state index in [4.69, 9.17) is 9.15 Å². The van der Waals surface area contributed by atoms with Gasteiger partial charge in [0.1, 0.15) is 29.1 Å². The van der Waals surface area contributed by atoms with Gasteiger partial charge < -0.3 is 14.5 Å². The van der Waals surface area contributed by atoms with Crippen molar-refractivity contribution in [2.45, 2.75) is 30.4 Å². The van der Waals surface area contributed by atoms with Crippen molar-refractivity contribution < 1.29 is 26.8 Å². The lowest BCUT2D eigenvalue weighted by Crippen LogP contribution is -2.48. The number of ether oxygens (including phenoxy) is 1. The van der Waals surface area contributed by atoms with Crippen molar-refractivity contribution in [1.29, 1.82) is 0 Å². The first kappa shape index (κ1) is 23.6. The zero-order chi connectivity index (χ0) is 22.8. The van der Waals surface area contributed by atoms with E-state index in [0.717, 1.165) is 17.7 Å². The van der Waals surface area contributed by atoms with Gasteiger partial charge in [0.2, 0.25) is 15.9 Å². The van der Waals surface area contributed by atoms with Gasteiger partial charge in [0.05, 0.1) is 6.26 Å². The average molecular weight is 461 g/mol. The second kappa shape index (κ2) is 11.6. The standard InChI is InChI=1S/C23H25FN2O5S/c24-20-11-4-5-12-22(20)32(28,29)26-21(16-18-8-2-1-3-9-18)23(27)25-13-7-14-30-17-19-10-6-15-31-19/h1-6,8-12,15,21,26H,7,13-14,16-17H2,(H,25,27)/t21-/m0/s1. The molecule has 1 atom stereocenters. The lowest BCUT2D eigenvalue weighted by atomic mass is 10.1. The van der Waals surface area contributed by atoms with Crippen LogP contribution in [0.5, 0.6) is 0 Å². The fraction of sp³-hybridized carbons (Fsp3) is 0.261. The highest BCUT2D eigenvalue weighted by Gasteiger charge is 2.27. The van der Waals surface area contributed by atoms with Crippen molar-refractivity contribution in [2.75, 3.05) is 13.2 Å². The fourth-order valence-electron chi connectivity index (χ4n) is 3.03. The van der Waals surface area contributed by atoms with Gasteiger partial charge in [-0.2, -0.15) is 4.72 Å². The van der Waals surface area contributed by atoms with Crippen molar-refractivity contribution in [3.05, 3.63) is 90.1 Å². The molecule has 3 aromatic rings. The molecule has 1 heterocycles. The molecule has 2 N–H and O–H groups in total. The summed E-state index contributed by atoms with van der Waals surface area (Å²) in [6, 6.07) is 16.5. The number of benzene rings is 2. The first-order chi connectivity index (χ1) is 15.5. The summed E-state index contributed by atoms with van der Waals surface area (Å²) < 4.78 is 52.5. The number of furan rings is 1. The highest BCUT2D eigenvalue weighted by molar-refractivity contribution is 7.89. The van der Waals surface area contributed by atoms with E-state index in [-0.39, 0.29) is 6.42 Å². The Kier molecular flexibility index (Phi) is 8.55. The highest BCUT2D eigenvalue weighted by atomic mass is 32.2. The van der Waals surface area contributed by atoms with Crippen molar-refractivity contribution in [3.8, 4) is 0 Å². The number of sulfonamides is 1. The molecule has 0 aliphatic carbocycles. The van der Waals surface area contributed by atoms with Gasteiger partial charge >= 0.3 is 0 Å². The quantitative estimate of drug-likeness (QED) is 0.405. The second-order valence-electron chi connectivity index (χ2n) is 7.07. The molecule has 0 aliphatic heterocycles. The highest BCUT2D eigenvalue weighted by Crippen LogP contribution is 2.15. The van der Waals surface area contributed by atoms with Gasteiger partial charge in [0, 0.05) is 13.2 Å². The first-order valence-electron chi connectivity index (χ1n) is 10.1. The van der Waals surface area contributed by atoms with Gasteiger partial charge in [0.15, 0.2) is 0 Å². The molecule has 1 amide bonds. The number of rotatable bonds is 12. The third-order valence-corrected chi connectivity index (χ3v) is 6.12. The number of halogens is 1. The molecule has 9 heteroatoms. The molecule has 0 spiro atoms. The normalized spacial score (nSPS) is 12.4. The van der Waals surface area contributed by atoms with Gasteiger partial charge in [-0.05, 0) is 42.7 Å². The maximum Gasteiger partial charge on any atom is 0.244 e. The predicted octanol–water partition coefficient (Wildman–Crippen LogP) is 3.03. The minimum absolute atomic E-state index is 0.120. The van der Waals surface area contributed by atoms with Crippen LogP contribution in [0.1, 0.15) is 17.7 Å². The third kappa shape index (κ3) is 7.01. The Morgan fingerprint density at radius 1 is 1.03 bits per heavy atom. The second-order valence-corrected chi connectivity index (χ2v) is 8.75. The summed E-state index contributed by atoms with van der Waals surface area (Å²) >= 11 is 0. The lowest BCUT2D eigenvalue weighted by molar-refractivity contribution is -0.122. The van der Waals surface area contributed by atoms with E-state index in [1.54, 1.807) is 42.7 Å². The zero-order valence-electron chi connectivity index (χ0n) is 17.4. The zero-order valence-corrected chi connectivity index (χ0v) is 18.2. The molecular weight excluding hydrogens is 435 g/mol. The molecule has 3 rings (SSSR count). The van der Waals surface area contributed by atoms with E-state index in [1.165, 1.54) is 12.1 Å². The summed E-state index contributed by atoms with van der Waals surface area (Å²) in [5.74, 6) is -0.674. The fourth-order valence-corrected chi connectivity index (χ4v) is 4.30. The largest absolute Gasteiger partial charge is 0.467 e. The Labute approximate surface area is 186 Å². The van der Waals surface area contributed by atoms with Gasteiger partial charge in [-0.15, -0.1) is 0 Å². The molecule has 0 unspecified atom stereocenters. The average Bonchev–Trinajstić information content (AvgIpc) is 3.30. The van der Waals surface area contributed by atoms with Crippen LogP contribution in [-0.2, 0) is 32.6 Å². The molecule has 170 valence electrons. The van der Waals surface area contributed by atoms with Crippen LogP contribution in [0, 0.1) is 5.82 Å². The lowest BCUT2D eigenvalue weighted by Gasteiger charge is -2.19. The van der Waals surface area contributed by atoms with Gasteiger partial charge in [0.25, 0.3) is 0 Å². The van der Waals surface area contributed by atoms with Crippen molar-refractivity contribution in [3.63, 3.8) is 0 Å². The van der Waals surface area contributed by atoms with Crippen LogP contribution in [0.25, 0.3) is 0 Å². The van der Waals surface area contributed by atoms with E-state index in [2.05, 4.69) is 10.0 Å². The SMILES string of the molecule is O=C(NCCCOCc1ccco1)[C@H](Cc1ccccc1)NS(=O)(=O)c1ccccc1F. The molecular formula is C23H25FN2O5S. The third-order valence-electron chi connectivity index (χ3n) is 4.61. The number of nitrogens with one attached hydrogen (secondary N) is 2. The van der Waals surface area contributed by atoms with E-state index < -0.39 is 32.7 Å². The molecule has 0 fully saturated rings. The summed E-state index contributed by atoms with van der Waals surface area (Å²) in [4.78, 5) is 12.3. The van der Waals surface area contributed by atoms with E-state index in [0.29, 0.717) is 31.9 Å². The summed E-state index contributed by atoms with van der Waals surface area (Å²) in [7, 11) is -4.24. The van der Waals surface area contributed by atoms with Crippen LogP contribution >= 0.6 is 0 Å². The monoisotopic (exact) mass is 460 g/mol. The Hall–Kier alpha value is -3.01. The van der Waals surface area contributed by atoms with Crippen LogP contribution in [-0.4, -0.2) is 33.5 Å². The Morgan fingerprint density at radius 3 is 2.50 bits per heavy atom. The Bertz CT molecular complexity index is 1090. The summed E-state index contributed by atoms with van der Waals surface area (Å²) in [5.41, 5.74) is 0.769. The van der Waals surface area contributed by atoms with E-state index in [9.17, 15) is 17.6 Å². The number of hydrogen-bond donors (Lipinski definition) is 2. The maximum absolute atomic E-state index is 14.0. The van der Waals surface area contributed by atoms with Gasteiger partial charge in [-0.3, -0.25) is 4.79 Å². The van der Waals surface area contributed by atoms with Crippen LogP contribution in [0.15, 0.2) is 82.3 Å². The molecule has 2 aromatic carbocycles. The minimum atomic E-state index is -4.24. The smallest absolute Gasteiger partial charge is 0.244 e. The Balaban J connectivity index is 1.59. The number of carbonyl (C=O) groups is 1. The molecule has 0 saturated carbocycles. The van der Waals surface area contributed by atoms with E-state index >= 15 is 0 Å². The molecule has 0 radical (unpaired) electrons. The maximum atomic E-state index is 14.0. The molecule has 0 saturated heterocycles. The van der Waals surface area contributed by atoms with Crippen molar-refractivity contribution >= 4 is 15.9 Å². The first-order valence-corrected chi connectivity index (χ1v) is 11.6. The van der Waals surface area contributed by atoms with Crippen LogP contribution in [0.2, 0.25) is 0 Å². The minimum Gasteiger partial charge on any atom is -0.467 e. The summed E-state index contributed by atoms with van der Waals surface area (Å²) in [6.07, 6.45) is 2.22. The van der Waals surface area contributed by atoms with Gasteiger partial charge in [-0.1, -0.05) is 42.5 Å². The van der Waals surface area contributed by atoms with Crippen molar-refractivity contribution in [1.82, 2.24) is 10.0 Å². The van der Waals surface area contributed by atoms with Gasteiger partial charge in [-0.25, -0.2) is 12.8 Å². The molecule has 0 bridgehead atoms. The van der Waals surface area contributed by atoms with E-state index in [1.807, 2.05) is 6.07 Å². The summed E-state index contributed by atoms with van der Waals surface area (Å²) in [6.45, 7) is 1.02. The number of carbonyl (C=O) groups excluding carboxylic acids is 1. The number of amides is 1. The molecule has 0 aliphatic rings. The number of hydrogen-bond acceptors (Lipinski definition) is 5. The van der Waals surface area contributed by atoms with Crippen LogP contribution < -0.4 is 10.0 Å². The predicted molar refractivity (Wildman–Crippen MR) is 117 cm³/mol. The molecule has 1 aromatic heterocycles. The Morgan fingerprint density at radius 2 is 1.78 bits per heavy atom. The topological polar surface area (TPSA) is 97.6 Å². The van der Waals surface area contributed by atoms with Crippen LogP contribution in [0.4, 0.5) is 4.39 Å². The molecule has 7 nitrogen and oxygen atoms in total. The summed E-state index contributed by atoms with van der Waals surface area (Å²) in [5, 5.41) is 2.72.